The predicted octanol–water partition coefficient (Wildman–Crippen LogP) is 2.16. The number of anilines is 2. The summed E-state index contributed by atoms with van der Waals surface area (Å²) in [6, 6.07) is 3.01. The average molecular weight is 326 g/mol. The van der Waals surface area contributed by atoms with Crippen LogP contribution in [0.2, 0.25) is 0 Å². The lowest BCUT2D eigenvalue weighted by atomic mass is 10.1. The van der Waals surface area contributed by atoms with E-state index in [4.69, 9.17) is 10.9 Å². The Hall–Kier alpha value is -1.64. The standard InChI is InChI=1S/C13H18N4O2S2/c1-7-6-20-13(16-7)9(3)17-11-4-10(14)5-12(8(11)2)21(15,18)19/h4-6,9,17H,14H2,1-3H3,(H2,15,18,19). The van der Waals surface area contributed by atoms with Crippen LogP contribution in [0.3, 0.4) is 0 Å². The fourth-order valence-corrected chi connectivity index (χ4v) is 3.66. The van der Waals surface area contributed by atoms with E-state index in [0.29, 0.717) is 16.9 Å². The van der Waals surface area contributed by atoms with E-state index < -0.39 is 10.0 Å². The molecule has 8 heteroatoms. The largest absolute Gasteiger partial charge is 0.399 e. The van der Waals surface area contributed by atoms with Gasteiger partial charge in [0.05, 0.1) is 10.9 Å². The highest BCUT2D eigenvalue weighted by Crippen LogP contribution is 2.29. The monoisotopic (exact) mass is 326 g/mol. The molecule has 5 N–H and O–H groups in total. The fraction of sp³-hybridized carbons (Fsp3) is 0.308. The number of nitrogens with one attached hydrogen (secondary N) is 1. The van der Waals surface area contributed by atoms with E-state index in [1.165, 1.54) is 6.07 Å². The van der Waals surface area contributed by atoms with Crippen LogP contribution in [0.4, 0.5) is 11.4 Å². The number of nitrogen functional groups attached to an aromatic ring is 1. The number of benzene rings is 1. The minimum Gasteiger partial charge on any atom is -0.399 e. The summed E-state index contributed by atoms with van der Waals surface area (Å²) in [7, 11) is -3.81. The molecular formula is C13H18N4O2S2. The normalized spacial score (nSPS) is 13.1. The summed E-state index contributed by atoms with van der Waals surface area (Å²) in [4.78, 5) is 4.45. The molecule has 2 aromatic rings. The van der Waals surface area contributed by atoms with Crippen molar-refractivity contribution >= 4 is 32.7 Å². The Balaban J connectivity index is 2.39. The third-order valence-corrected chi connectivity index (χ3v) is 5.25. The van der Waals surface area contributed by atoms with Gasteiger partial charge in [0.25, 0.3) is 0 Å². The van der Waals surface area contributed by atoms with Crippen molar-refractivity contribution in [2.75, 3.05) is 11.1 Å². The molecule has 1 aromatic carbocycles. The molecule has 2 rings (SSSR count). The molecule has 0 saturated carbocycles. The minimum absolute atomic E-state index is 0.0347. The third-order valence-electron chi connectivity index (χ3n) is 3.07. The van der Waals surface area contributed by atoms with Crippen LogP contribution in [0.1, 0.15) is 29.2 Å². The molecule has 0 spiro atoms. The second-order valence-corrected chi connectivity index (χ2v) is 7.35. The van der Waals surface area contributed by atoms with Gasteiger partial charge in [-0.15, -0.1) is 11.3 Å². The SMILES string of the molecule is Cc1csc(C(C)Nc2cc(N)cc(S(N)(=O)=O)c2C)n1. The summed E-state index contributed by atoms with van der Waals surface area (Å²) < 4.78 is 23.2. The first-order valence-electron chi connectivity index (χ1n) is 6.30. The summed E-state index contributed by atoms with van der Waals surface area (Å²) in [5.74, 6) is 0. The maximum atomic E-state index is 11.6. The molecule has 1 heterocycles. The molecule has 0 radical (unpaired) electrons. The molecule has 1 aromatic heterocycles. The highest BCUT2D eigenvalue weighted by Gasteiger charge is 2.17. The Kier molecular flexibility index (Phi) is 4.22. The van der Waals surface area contributed by atoms with E-state index in [0.717, 1.165) is 10.7 Å². The summed E-state index contributed by atoms with van der Waals surface area (Å²) >= 11 is 1.55. The molecule has 1 unspecified atom stereocenters. The first kappa shape index (κ1) is 15.7. The molecule has 0 bridgehead atoms. The van der Waals surface area contributed by atoms with E-state index in [-0.39, 0.29) is 10.9 Å². The van der Waals surface area contributed by atoms with Gasteiger partial charge in [0.2, 0.25) is 10.0 Å². The first-order chi connectivity index (χ1) is 9.68. The number of nitrogens with zero attached hydrogens (tertiary/aromatic N) is 1. The second kappa shape index (κ2) is 5.63. The summed E-state index contributed by atoms with van der Waals surface area (Å²) in [6.07, 6.45) is 0. The minimum atomic E-state index is -3.81. The number of sulfonamides is 1. The van der Waals surface area contributed by atoms with Crippen LogP contribution in [-0.4, -0.2) is 13.4 Å². The Morgan fingerprint density at radius 3 is 2.52 bits per heavy atom. The molecule has 21 heavy (non-hydrogen) atoms. The van der Waals surface area contributed by atoms with Crippen molar-refractivity contribution in [1.29, 1.82) is 0 Å². The molecule has 0 amide bonds. The van der Waals surface area contributed by atoms with Crippen molar-refractivity contribution in [2.24, 2.45) is 5.14 Å². The predicted molar refractivity (Wildman–Crippen MR) is 85.9 cm³/mol. The van der Waals surface area contributed by atoms with Gasteiger partial charge in [0, 0.05) is 22.4 Å². The smallest absolute Gasteiger partial charge is 0.238 e. The molecule has 0 aliphatic carbocycles. The van der Waals surface area contributed by atoms with Crippen molar-refractivity contribution < 1.29 is 8.42 Å². The lowest BCUT2D eigenvalue weighted by Crippen LogP contribution is -2.16. The van der Waals surface area contributed by atoms with Gasteiger partial charge in [-0.1, -0.05) is 0 Å². The van der Waals surface area contributed by atoms with E-state index >= 15 is 0 Å². The zero-order valence-corrected chi connectivity index (χ0v) is 13.7. The van der Waals surface area contributed by atoms with Crippen LogP contribution in [-0.2, 0) is 10.0 Å². The number of aromatic nitrogens is 1. The third kappa shape index (κ3) is 3.52. The molecule has 0 aliphatic rings. The molecule has 0 saturated heterocycles. The summed E-state index contributed by atoms with van der Waals surface area (Å²) in [5, 5.41) is 11.4. The van der Waals surface area contributed by atoms with Crippen molar-refractivity contribution in [3.63, 3.8) is 0 Å². The van der Waals surface area contributed by atoms with Gasteiger partial charge in [-0.2, -0.15) is 0 Å². The fourth-order valence-electron chi connectivity index (χ4n) is 2.02. The molecular weight excluding hydrogens is 308 g/mol. The van der Waals surface area contributed by atoms with Crippen LogP contribution >= 0.6 is 11.3 Å². The van der Waals surface area contributed by atoms with Gasteiger partial charge >= 0.3 is 0 Å². The van der Waals surface area contributed by atoms with Crippen LogP contribution in [0.25, 0.3) is 0 Å². The zero-order valence-electron chi connectivity index (χ0n) is 12.0. The number of hydrogen-bond acceptors (Lipinski definition) is 6. The van der Waals surface area contributed by atoms with E-state index in [9.17, 15) is 8.42 Å². The molecule has 114 valence electrons. The van der Waals surface area contributed by atoms with Gasteiger partial charge in [0.1, 0.15) is 5.01 Å². The summed E-state index contributed by atoms with van der Waals surface area (Å²) in [6.45, 7) is 5.58. The molecule has 1 atom stereocenters. The quantitative estimate of drug-likeness (QED) is 0.746. The number of primary sulfonamides is 1. The van der Waals surface area contributed by atoms with Crippen molar-refractivity contribution in [3.05, 3.63) is 33.8 Å². The Morgan fingerprint density at radius 1 is 1.33 bits per heavy atom. The number of thiazole rings is 1. The Morgan fingerprint density at radius 2 is 2.00 bits per heavy atom. The highest BCUT2D eigenvalue weighted by atomic mass is 32.2. The van der Waals surface area contributed by atoms with E-state index in [2.05, 4.69) is 10.3 Å². The molecule has 0 fully saturated rings. The van der Waals surface area contributed by atoms with Crippen LogP contribution in [0.5, 0.6) is 0 Å². The van der Waals surface area contributed by atoms with Gasteiger partial charge in [-0.05, 0) is 38.5 Å². The van der Waals surface area contributed by atoms with Gasteiger partial charge in [-0.25, -0.2) is 18.5 Å². The van der Waals surface area contributed by atoms with Crippen molar-refractivity contribution in [3.8, 4) is 0 Å². The first-order valence-corrected chi connectivity index (χ1v) is 8.72. The maximum Gasteiger partial charge on any atom is 0.238 e. The van der Waals surface area contributed by atoms with Crippen molar-refractivity contribution in [2.45, 2.75) is 31.7 Å². The Bertz CT molecular complexity index is 768. The average Bonchev–Trinajstić information content (AvgIpc) is 2.78. The second-order valence-electron chi connectivity index (χ2n) is 4.93. The number of aryl methyl sites for hydroxylation is 1. The van der Waals surface area contributed by atoms with Crippen LogP contribution in [0, 0.1) is 13.8 Å². The zero-order chi connectivity index (χ0) is 15.8. The van der Waals surface area contributed by atoms with Gasteiger partial charge in [-0.3, -0.25) is 0 Å². The molecule has 6 nitrogen and oxygen atoms in total. The molecule has 0 aliphatic heterocycles. The lowest BCUT2D eigenvalue weighted by Gasteiger charge is -2.17. The Labute approximate surface area is 128 Å². The summed E-state index contributed by atoms with van der Waals surface area (Å²) in [5.41, 5.74) is 8.26. The topological polar surface area (TPSA) is 111 Å². The lowest BCUT2D eigenvalue weighted by molar-refractivity contribution is 0.597. The number of rotatable bonds is 4. The van der Waals surface area contributed by atoms with Crippen LogP contribution in [0.15, 0.2) is 22.4 Å². The maximum absolute atomic E-state index is 11.6. The van der Waals surface area contributed by atoms with Crippen LogP contribution < -0.4 is 16.2 Å². The van der Waals surface area contributed by atoms with Crippen molar-refractivity contribution in [1.82, 2.24) is 4.98 Å². The van der Waals surface area contributed by atoms with E-state index in [1.54, 1.807) is 24.3 Å². The van der Waals surface area contributed by atoms with E-state index in [1.807, 2.05) is 19.2 Å². The highest BCUT2D eigenvalue weighted by molar-refractivity contribution is 7.89. The number of hydrogen-bond donors (Lipinski definition) is 3. The van der Waals surface area contributed by atoms with Gasteiger partial charge < -0.3 is 11.1 Å². The van der Waals surface area contributed by atoms with Gasteiger partial charge in [0.15, 0.2) is 0 Å². The number of nitrogens with two attached hydrogens (primary N) is 2.